The fourth-order valence-corrected chi connectivity index (χ4v) is 2.12. The number of nitrogens with zero attached hydrogens (tertiary/aromatic N) is 3. The SMILES string of the molecule is NCCCNc1cccc(-c2cnc3ccccn23)n1. The fraction of sp³-hybridized carbons (Fsp3) is 0.200. The molecule has 0 amide bonds. The first-order valence-electron chi connectivity index (χ1n) is 6.72. The Morgan fingerprint density at radius 2 is 2.10 bits per heavy atom. The molecule has 5 nitrogen and oxygen atoms in total. The lowest BCUT2D eigenvalue weighted by Crippen LogP contribution is -2.09. The van der Waals surface area contributed by atoms with Crippen LogP contribution in [0.1, 0.15) is 6.42 Å². The van der Waals surface area contributed by atoms with Crippen LogP contribution in [0, 0.1) is 0 Å². The maximum atomic E-state index is 5.49. The molecular weight excluding hydrogens is 250 g/mol. The third kappa shape index (κ3) is 2.48. The van der Waals surface area contributed by atoms with E-state index in [9.17, 15) is 0 Å². The maximum absolute atomic E-state index is 5.49. The number of hydrogen-bond acceptors (Lipinski definition) is 4. The van der Waals surface area contributed by atoms with Crippen molar-refractivity contribution in [3.05, 3.63) is 48.8 Å². The number of hydrogen-bond donors (Lipinski definition) is 2. The van der Waals surface area contributed by atoms with Gasteiger partial charge < -0.3 is 11.1 Å². The molecule has 5 heteroatoms. The van der Waals surface area contributed by atoms with Crippen LogP contribution in [0.5, 0.6) is 0 Å². The van der Waals surface area contributed by atoms with Crippen LogP contribution in [-0.2, 0) is 0 Å². The zero-order valence-corrected chi connectivity index (χ0v) is 11.2. The maximum Gasteiger partial charge on any atom is 0.137 e. The van der Waals surface area contributed by atoms with Crippen molar-refractivity contribution in [2.45, 2.75) is 6.42 Å². The number of nitrogens with two attached hydrogens (primary N) is 1. The summed E-state index contributed by atoms with van der Waals surface area (Å²) in [4.78, 5) is 9.01. The minimum Gasteiger partial charge on any atom is -0.370 e. The van der Waals surface area contributed by atoms with Crippen molar-refractivity contribution >= 4 is 11.5 Å². The molecule has 0 atom stereocenters. The predicted octanol–water partition coefficient (Wildman–Crippen LogP) is 2.16. The Balaban J connectivity index is 1.92. The molecule has 0 saturated heterocycles. The van der Waals surface area contributed by atoms with Crippen molar-refractivity contribution < 1.29 is 0 Å². The van der Waals surface area contributed by atoms with Crippen molar-refractivity contribution in [2.75, 3.05) is 18.4 Å². The third-order valence-corrected chi connectivity index (χ3v) is 3.12. The van der Waals surface area contributed by atoms with E-state index in [1.807, 2.05) is 53.2 Å². The van der Waals surface area contributed by atoms with Crippen LogP contribution < -0.4 is 11.1 Å². The van der Waals surface area contributed by atoms with Crippen molar-refractivity contribution in [2.24, 2.45) is 5.73 Å². The average Bonchev–Trinajstić information content (AvgIpc) is 2.92. The van der Waals surface area contributed by atoms with Crippen LogP contribution in [-0.4, -0.2) is 27.5 Å². The Morgan fingerprint density at radius 1 is 1.15 bits per heavy atom. The molecule has 0 saturated carbocycles. The molecule has 20 heavy (non-hydrogen) atoms. The topological polar surface area (TPSA) is 68.2 Å². The van der Waals surface area contributed by atoms with Gasteiger partial charge in [-0.2, -0.15) is 0 Å². The summed E-state index contributed by atoms with van der Waals surface area (Å²) in [6.07, 6.45) is 4.77. The second-order valence-corrected chi connectivity index (χ2v) is 4.55. The summed E-state index contributed by atoms with van der Waals surface area (Å²) in [5.41, 5.74) is 8.31. The highest BCUT2D eigenvalue weighted by atomic mass is 15.0. The first-order valence-corrected chi connectivity index (χ1v) is 6.72. The largest absolute Gasteiger partial charge is 0.370 e. The summed E-state index contributed by atoms with van der Waals surface area (Å²) >= 11 is 0. The quantitative estimate of drug-likeness (QED) is 0.695. The molecule has 0 bridgehead atoms. The molecule has 3 aromatic rings. The zero-order valence-electron chi connectivity index (χ0n) is 11.2. The normalized spacial score (nSPS) is 10.8. The van der Waals surface area contributed by atoms with Gasteiger partial charge in [-0.1, -0.05) is 12.1 Å². The summed E-state index contributed by atoms with van der Waals surface area (Å²) in [7, 11) is 0. The van der Waals surface area contributed by atoms with Crippen molar-refractivity contribution in [3.8, 4) is 11.4 Å². The predicted molar refractivity (Wildman–Crippen MR) is 80.6 cm³/mol. The van der Waals surface area contributed by atoms with Gasteiger partial charge >= 0.3 is 0 Å². The van der Waals surface area contributed by atoms with Gasteiger partial charge in [0.15, 0.2) is 0 Å². The van der Waals surface area contributed by atoms with E-state index in [1.165, 1.54) is 0 Å². The second-order valence-electron chi connectivity index (χ2n) is 4.55. The molecule has 102 valence electrons. The lowest BCUT2D eigenvalue weighted by molar-refractivity contribution is 0.870. The summed E-state index contributed by atoms with van der Waals surface area (Å²) in [5, 5.41) is 3.28. The number of fused-ring (bicyclic) bond motifs is 1. The van der Waals surface area contributed by atoms with Crippen LogP contribution >= 0.6 is 0 Å². The van der Waals surface area contributed by atoms with Crippen molar-refractivity contribution in [1.82, 2.24) is 14.4 Å². The van der Waals surface area contributed by atoms with E-state index in [-0.39, 0.29) is 0 Å². The lowest BCUT2D eigenvalue weighted by atomic mass is 10.3. The van der Waals surface area contributed by atoms with Gasteiger partial charge in [0.1, 0.15) is 11.5 Å². The zero-order chi connectivity index (χ0) is 13.8. The molecule has 0 aromatic carbocycles. The molecular formula is C15H17N5. The molecule has 3 aromatic heterocycles. The van der Waals surface area contributed by atoms with E-state index in [0.29, 0.717) is 6.54 Å². The molecule has 0 spiro atoms. The highest BCUT2D eigenvalue weighted by molar-refractivity contribution is 5.61. The number of nitrogens with one attached hydrogen (secondary N) is 1. The highest BCUT2D eigenvalue weighted by Gasteiger charge is 2.06. The Morgan fingerprint density at radius 3 is 3.00 bits per heavy atom. The van der Waals surface area contributed by atoms with E-state index in [0.717, 1.165) is 35.8 Å². The van der Waals surface area contributed by atoms with E-state index in [2.05, 4.69) is 15.3 Å². The standard InChI is InChI=1S/C15H17N5/c16-8-4-9-17-14-6-3-5-12(19-14)13-11-18-15-7-1-2-10-20(13)15/h1-3,5-7,10-11H,4,8-9,16H2,(H,17,19). The fourth-order valence-electron chi connectivity index (χ4n) is 2.12. The smallest absolute Gasteiger partial charge is 0.137 e. The van der Waals surface area contributed by atoms with Crippen LogP contribution in [0.25, 0.3) is 17.0 Å². The lowest BCUT2D eigenvalue weighted by Gasteiger charge is -2.06. The molecule has 0 aliphatic rings. The number of rotatable bonds is 5. The summed E-state index contributed by atoms with van der Waals surface area (Å²) in [5.74, 6) is 0.863. The molecule has 3 rings (SSSR count). The Labute approximate surface area is 117 Å². The van der Waals surface area contributed by atoms with Crippen LogP contribution in [0.2, 0.25) is 0 Å². The molecule has 0 aliphatic carbocycles. The molecule has 0 fully saturated rings. The van der Waals surface area contributed by atoms with E-state index >= 15 is 0 Å². The minimum absolute atomic E-state index is 0.681. The van der Waals surface area contributed by atoms with Gasteiger partial charge in [-0.05, 0) is 37.2 Å². The van der Waals surface area contributed by atoms with Gasteiger partial charge in [0, 0.05) is 12.7 Å². The Bertz CT molecular complexity index is 704. The summed E-state index contributed by atoms with van der Waals surface area (Å²) in [6, 6.07) is 11.9. The van der Waals surface area contributed by atoms with Crippen molar-refractivity contribution in [3.63, 3.8) is 0 Å². The minimum atomic E-state index is 0.681. The van der Waals surface area contributed by atoms with Gasteiger partial charge in [-0.25, -0.2) is 9.97 Å². The van der Waals surface area contributed by atoms with Gasteiger partial charge in [0.05, 0.1) is 17.6 Å². The van der Waals surface area contributed by atoms with Gasteiger partial charge in [0.2, 0.25) is 0 Å². The first kappa shape index (κ1) is 12.6. The van der Waals surface area contributed by atoms with Gasteiger partial charge in [0.25, 0.3) is 0 Å². The third-order valence-electron chi connectivity index (χ3n) is 3.12. The monoisotopic (exact) mass is 267 g/mol. The Kier molecular flexibility index (Phi) is 3.60. The number of anilines is 1. The number of aromatic nitrogens is 3. The number of imidazole rings is 1. The van der Waals surface area contributed by atoms with E-state index in [4.69, 9.17) is 5.73 Å². The van der Waals surface area contributed by atoms with Gasteiger partial charge in [-0.15, -0.1) is 0 Å². The van der Waals surface area contributed by atoms with E-state index < -0.39 is 0 Å². The van der Waals surface area contributed by atoms with Gasteiger partial charge in [-0.3, -0.25) is 4.40 Å². The second kappa shape index (κ2) is 5.71. The molecule has 0 radical (unpaired) electrons. The van der Waals surface area contributed by atoms with Crippen LogP contribution in [0.3, 0.4) is 0 Å². The summed E-state index contributed by atoms with van der Waals surface area (Å²) in [6.45, 7) is 1.51. The molecule has 3 heterocycles. The van der Waals surface area contributed by atoms with Crippen LogP contribution in [0.4, 0.5) is 5.82 Å². The van der Waals surface area contributed by atoms with Crippen molar-refractivity contribution in [1.29, 1.82) is 0 Å². The highest BCUT2D eigenvalue weighted by Crippen LogP contribution is 2.20. The average molecular weight is 267 g/mol. The first-order chi connectivity index (χ1) is 9.88. The molecule has 0 aliphatic heterocycles. The molecule has 0 unspecified atom stereocenters. The van der Waals surface area contributed by atoms with E-state index in [1.54, 1.807) is 0 Å². The summed E-state index contributed by atoms with van der Waals surface area (Å²) < 4.78 is 2.03. The number of pyridine rings is 2. The Hall–Kier alpha value is -2.40. The van der Waals surface area contributed by atoms with Crippen LogP contribution in [0.15, 0.2) is 48.8 Å². The molecule has 3 N–H and O–H groups in total.